The van der Waals surface area contributed by atoms with Gasteiger partial charge < -0.3 is 15.0 Å². The molecule has 1 aromatic heterocycles. The fraction of sp³-hybridized carbons (Fsp3) is 0.308. The van der Waals surface area contributed by atoms with E-state index >= 15 is 0 Å². The monoisotopic (exact) mass is 232 g/mol. The molecule has 0 aliphatic heterocycles. The molecule has 2 aromatic rings. The van der Waals surface area contributed by atoms with Crippen LogP contribution < -0.4 is 16.0 Å². The van der Waals surface area contributed by atoms with Crippen molar-refractivity contribution in [3.8, 4) is 5.75 Å². The summed E-state index contributed by atoms with van der Waals surface area (Å²) in [5, 5.41) is 0.995. The molecule has 0 radical (unpaired) electrons. The summed E-state index contributed by atoms with van der Waals surface area (Å²) in [5.41, 5.74) is 7.07. The van der Waals surface area contributed by atoms with Gasteiger partial charge >= 0.3 is 0 Å². The van der Waals surface area contributed by atoms with E-state index in [-0.39, 0.29) is 5.56 Å². The maximum atomic E-state index is 12.1. The van der Waals surface area contributed by atoms with Crippen LogP contribution in [0.1, 0.15) is 5.56 Å². The molecule has 2 rings (SSSR count). The number of methoxy groups -OCH3 is 1. The van der Waals surface area contributed by atoms with Gasteiger partial charge in [-0.15, -0.1) is 0 Å². The third kappa shape index (κ3) is 1.91. The molecule has 0 fully saturated rings. The van der Waals surface area contributed by atoms with E-state index in [0.717, 1.165) is 16.5 Å². The molecule has 0 aliphatic rings. The van der Waals surface area contributed by atoms with E-state index in [4.69, 9.17) is 10.5 Å². The van der Waals surface area contributed by atoms with E-state index in [1.807, 2.05) is 24.3 Å². The van der Waals surface area contributed by atoms with E-state index in [1.165, 1.54) is 0 Å². The second kappa shape index (κ2) is 4.59. The van der Waals surface area contributed by atoms with Crippen molar-refractivity contribution < 1.29 is 4.74 Å². The van der Waals surface area contributed by atoms with Gasteiger partial charge in [0.25, 0.3) is 5.56 Å². The highest BCUT2D eigenvalue weighted by atomic mass is 16.5. The molecule has 0 atom stereocenters. The summed E-state index contributed by atoms with van der Waals surface area (Å²) >= 11 is 0. The van der Waals surface area contributed by atoms with Crippen LogP contribution in [-0.2, 0) is 13.5 Å². The topological polar surface area (TPSA) is 57.2 Å². The smallest absolute Gasteiger partial charge is 0.254 e. The summed E-state index contributed by atoms with van der Waals surface area (Å²) in [6.45, 7) is 0.477. The van der Waals surface area contributed by atoms with E-state index in [2.05, 4.69) is 0 Å². The fourth-order valence-electron chi connectivity index (χ4n) is 2.08. The highest BCUT2D eigenvalue weighted by molar-refractivity contribution is 5.85. The van der Waals surface area contributed by atoms with Gasteiger partial charge in [0.1, 0.15) is 5.75 Å². The van der Waals surface area contributed by atoms with Crippen molar-refractivity contribution in [2.75, 3.05) is 13.7 Å². The number of rotatable bonds is 3. The van der Waals surface area contributed by atoms with Crippen molar-refractivity contribution in [3.05, 3.63) is 40.2 Å². The van der Waals surface area contributed by atoms with Gasteiger partial charge in [-0.2, -0.15) is 0 Å². The molecule has 0 spiro atoms. The minimum atomic E-state index is -0.00699. The summed E-state index contributed by atoms with van der Waals surface area (Å²) in [6.07, 6.45) is 0.597. The van der Waals surface area contributed by atoms with Crippen LogP contribution >= 0.6 is 0 Å². The molecule has 0 amide bonds. The number of fused-ring (bicyclic) bond motifs is 1. The Morgan fingerprint density at radius 2 is 2.18 bits per heavy atom. The maximum Gasteiger partial charge on any atom is 0.254 e. The minimum Gasteiger partial charge on any atom is -0.495 e. The number of aromatic nitrogens is 1. The van der Waals surface area contributed by atoms with E-state index in [1.54, 1.807) is 18.7 Å². The number of ether oxygens (including phenoxy) is 1. The van der Waals surface area contributed by atoms with Gasteiger partial charge in [-0.3, -0.25) is 4.79 Å². The number of aryl methyl sites for hydroxylation is 1. The van der Waals surface area contributed by atoms with Crippen LogP contribution in [0.15, 0.2) is 29.1 Å². The second-order valence-corrected chi connectivity index (χ2v) is 3.97. The van der Waals surface area contributed by atoms with Crippen LogP contribution in [0.5, 0.6) is 5.75 Å². The molecule has 90 valence electrons. The molecule has 0 aliphatic carbocycles. The summed E-state index contributed by atoms with van der Waals surface area (Å²) in [7, 11) is 3.36. The standard InChI is InChI=1S/C13H16N2O2/c1-15-12-9(4-3-5-11(12)17-2)8-10(6-7-14)13(15)16/h3-5,8H,6-7,14H2,1-2H3. The van der Waals surface area contributed by atoms with Crippen LogP contribution in [0.25, 0.3) is 10.9 Å². The summed E-state index contributed by atoms with van der Waals surface area (Å²) in [6, 6.07) is 7.63. The van der Waals surface area contributed by atoms with Gasteiger partial charge in [-0.05, 0) is 25.1 Å². The minimum absolute atomic E-state index is 0.00699. The molecular weight excluding hydrogens is 216 g/mol. The van der Waals surface area contributed by atoms with Crippen LogP contribution in [0.2, 0.25) is 0 Å². The van der Waals surface area contributed by atoms with Crippen molar-refractivity contribution >= 4 is 10.9 Å². The molecule has 1 aromatic carbocycles. The lowest BCUT2D eigenvalue weighted by molar-refractivity contribution is 0.417. The number of nitrogens with zero attached hydrogens (tertiary/aromatic N) is 1. The van der Waals surface area contributed by atoms with Crippen molar-refractivity contribution in [2.24, 2.45) is 12.8 Å². The molecule has 0 saturated heterocycles. The second-order valence-electron chi connectivity index (χ2n) is 3.97. The largest absolute Gasteiger partial charge is 0.495 e. The molecule has 0 unspecified atom stereocenters. The lowest BCUT2D eigenvalue weighted by atomic mass is 10.1. The first-order valence-electron chi connectivity index (χ1n) is 5.54. The fourth-order valence-corrected chi connectivity index (χ4v) is 2.08. The number of pyridine rings is 1. The van der Waals surface area contributed by atoms with E-state index in [0.29, 0.717) is 18.7 Å². The average molecular weight is 232 g/mol. The SMILES string of the molecule is COc1cccc2cc(CCN)c(=O)n(C)c12. The van der Waals surface area contributed by atoms with Crippen LogP contribution in [0.3, 0.4) is 0 Å². The first-order chi connectivity index (χ1) is 8.19. The van der Waals surface area contributed by atoms with Gasteiger partial charge in [-0.1, -0.05) is 12.1 Å². The Balaban J connectivity index is 2.81. The van der Waals surface area contributed by atoms with Gasteiger partial charge in [0.05, 0.1) is 12.6 Å². The molecular formula is C13H16N2O2. The maximum absolute atomic E-state index is 12.1. The summed E-state index contributed by atoms with van der Waals surface area (Å²) in [5.74, 6) is 0.710. The van der Waals surface area contributed by atoms with E-state index in [9.17, 15) is 4.79 Å². The van der Waals surface area contributed by atoms with Crippen molar-refractivity contribution in [1.29, 1.82) is 0 Å². The van der Waals surface area contributed by atoms with Crippen LogP contribution in [-0.4, -0.2) is 18.2 Å². The van der Waals surface area contributed by atoms with E-state index < -0.39 is 0 Å². The van der Waals surface area contributed by atoms with Crippen LogP contribution in [0.4, 0.5) is 0 Å². The zero-order valence-corrected chi connectivity index (χ0v) is 10.1. The average Bonchev–Trinajstić information content (AvgIpc) is 2.35. The Kier molecular flexibility index (Phi) is 3.15. The molecule has 0 bridgehead atoms. The molecule has 1 heterocycles. The Hall–Kier alpha value is -1.81. The normalized spacial score (nSPS) is 10.8. The summed E-state index contributed by atoms with van der Waals surface area (Å²) in [4.78, 5) is 12.1. The number of hydrogen-bond acceptors (Lipinski definition) is 3. The number of para-hydroxylation sites is 1. The zero-order valence-electron chi connectivity index (χ0n) is 10.1. The quantitative estimate of drug-likeness (QED) is 0.860. The van der Waals surface area contributed by atoms with Crippen molar-refractivity contribution in [3.63, 3.8) is 0 Å². The highest BCUT2D eigenvalue weighted by Crippen LogP contribution is 2.24. The number of benzene rings is 1. The number of hydrogen-bond donors (Lipinski definition) is 1. The van der Waals surface area contributed by atoms with Gasteiger partial charge in [0.15, 0.2) is 0 Å². The molecule has 4 nitrogen and oxygen atoms in total. The third-order valence-electron chi connectivity index (χ3n) is 2.91. The predicted octanol–water partition coefficient (Wildman–Crippen LogP) is 1.05. The molecule has 2 N–H and O–H groups in total. The van der Waals surface area contributed by atoms with Crippen LogP contribution in [0, 0.1) is 0 Å². The Labute approximate surface area is 99.6 Å². The van der Waals surface area contributed by atoms with Crippen molar-refractivity contribution in [1.82, 2.24) is 4.57 Å². The van der Waals surface area contributed by atoms with Gasteiger partial charge in [-0.25, -0.2) is 0 Å². The van der Waals surface area contributed by atoms with Gasteiger partial charge in [0.2, 0.25) is 0 Å². The Morgan fingerprint density at radius 1 is 1.41 bits per heavy atom. The van der Waals surface area contributed by atoms with Gasteiger partial charge in [0, 0.05) is 18.0 Å². The third-order valence-corrected chi connectivity index (χ3v) is 2.91. The predicted molar refractivity (Wildman–Crippen MR) is 68.5 cm³/mol. The molecule has 0 saturated carbocycles. The first kappa shape index (κ1) is 11.7. The first-order valence-corrected chi connectivity index (χ1v) is 5.54. The zero-order chi connectivity index (χ0) is 12.4. The highest BCUT2D eigenvalue weighted by Gasteiger charge is 2.09. The summed E-state index contributed by atoms with van der Waals surface area (Å²) < 4.78 is 6.90. The molecule has 17 heavy (non-hydrogen) atoms. The lowest BCUT2D eigenvalue weighted by Gasteiger charge is -2.11. The molecule has 4 heteroatoms. The Morgan fingerprint density at radius 3 is 2.82 bits per heavy atom. The number of nitrogens with two attached hydrogens (primary N) is 1. The van der Waals surface area contributed by atoms with Crippen molar-refractivity contribution in [2.45, 2.75) is 6.42 Å². The Bertz CT molecular complexity index is 602. The lowest BCUT2D eigenvalue weighted by Crippen LogP contribution is -2.23.